The quantitative estimate of drug-likeness (QED) is 0.107. The summed E-state index contributed by atoms with van der Waals surface area (Å²) in [5.41, 5.74) is 15.3. The molecule has 62 heavy (non-hydrogen) atoms. The Hall–Kier alpha value is -4.74. The average Bonchev–Trinajstić information content (AvgIpc) is 4.04. The second-order valence-corrected chi connectivity index (χ2v) is 20.1. The summed E-state index contributed by atoms with van der Waals surface area (Å²) in [7, 11) is -7.15. The van der Waals surface area contributed by atoms with Crippen molar-refractivity contribution in [3.8, 4) is 22.5 Å². The number of unbranched alkanes of at least 4 members (excludes halogenated alkanes) is 1. The molecule has 0 spiro atoms. The van der Waals surface area contributed by atoms with E-state index in [1.165, 1.54) is 34.8 Å². The molecule has 0 aliphatic carbocycles. The first-order chi connectivity index (χ1) is 29.3. The predicted octanol–water partition coefficient (Wildman–Crippen LogP) is 1.66. The Kier molecular flexibility index (Phi) is 14.9. The van der Waals surface area contributed by atoms with E-state index in [1.807, 2.05) is 13.8 Å². The van der Waals surface area contributed by atoms with Gasteiger partial charge in [-0.1, -0.05) is 23.3 Å². The summed E-state index contributed by atoms with van der Waals surface area (Å²) >= 11 is 0. The van der Waals surface area contributed by atoms with Gasteiger partial charge in [-0.15, -0.1) is 10.2 Å². The number of hydrogen-bond acceptors (Lipinski definition) is 12. The number of sulfonamides is 2. The summed E-state index contributed by atoms with van der Waals surface area (Å²) in [4.78, 5) is 31.0. The highest BCUT2D eigenvalue weighted by Gasteiger charge is 2.53. The fourth-order valence-electron chi connectivity index (χ4n) is 8.67. The highest BCUT2D eigenvalue weighted by Crippen LogP contribution is 2.38. The number of fused-ring (bicyclic) bond motifs is 1. The van der Waals surface area contributed by atoms with Gasteiger partial charge in [0.25, 0.3) is 0 Å². The van der Waals surface area contributed by atoms with E-state index in [0.717, 1.165) is 6.26 Å². The molecule has 0 bridgehead atoms. The molecule has 2 aromatic heterocycles. The standard InChI is InChI=1S/C40H56F2N12O6S2/c1-5-52(26(2)29(20-45-61(3,57)58)21-50-24-35(46-48-50)27-10-14-31(41)15-11-27)39(55)33(43)8-6-7-9-34(44)40(56)53-19-18-37-38(53)30(23-54(37)62(4,59)60)22-51-25-36(47-49-51)28-12-16-32(42)17-13-28/h10-17,24-26,29-30,33-34,37-38,45H,5-9,18-23,43-44H2,1-4H3/t26-,29+,30-,33?,34?,37+,38+/m0/s1. The van der Waals surface area contributed by atoms with Gasteiger partial charge in [-0.25, -0.2) is 30.3 Å². The number of carbonyl (C=O) groups excluding carboxylic acids is 2. The Morgan fingerprint density at radius 3 is 1.97 bits per heavy atom. The number of benzene rings is 2. The molecule has 2 unspecified atom stereocenters. The van der Waals surface area contributed by atoms with Gasteiger partial charge in [-0.3, -0.25) is 19.0 Å². The number of aromatic nitrogens is 6. The number of amides is 2. The Balaban J connectivity index is 1.03. The smallest absolute Gasteiger partial charge is 0.239 e. The molecule has 0 saturated carbocycles. The number of nitrogens with two attached hydrogens (primary N) is 2. The van der Waals surface area contributed by atoms with Crippen molar-refractivity contribution in [1.29, 1.82) is 0 Å². The van der Waals surface area contributed by atoms with Gasteiger partial charge in [-0.2, -0.15) is 4.31 Å². The summed E-state index contributed by atoms with van der Waals surface area (Å²) < 4.78 is 84.1. The number of nitrogens with one attached hydrogen (secondary N) is 1. The highest BCUT2D eigenvalue weighted by molar-refractivity contribution is 7.88. The Bertz CT molecular complexity index is 2380. The number of halogens is 2. The van der Waals surface area contributed by atoms with E-state index in [4.69, 9.17) is 11.5 Å². The molecule has 2 fully saturated rings. The lowest BCUT2D eigenvalue weighted by Gasteiger charge is -2.35. The maximum atomic E-state index is 13.9. The van der Waals surface area contributed by atoms with E-state index in [0.29, 0.717) is 74.3 Å². The summed E-state index contributed by atoms with van der Waals surface area (Å²) in [6, 6.07) is 8.64. The number of hydrogen-bond donors (Lipinski definition) is 3. The zero-order chi connectivity index (χ0) is 44.9. The zero-order valence-corrected chi connectivity index (χ0v) is 36.9. The van der Waals surface area contributed by atoms with E-state index < -0.39 is 56.2 Å². The molecule has 2 aromatic carbocycles. The van der Waals surface area contributed by atoms with Crippen molar-refractivity contribution in [3.05, 3.63) is 72.6 Å². The minimum Gasteiger partial charge on any atom is -0.339 e. The van der Waals surface area contributed by atoms with Gasteiger partial charge < -0.3 is 21.3 Å². The van der Waals surface area contributed by atoms with Crippen LogP contribution >= 0.6 is 0 Å². The lowest BCUT2D eigenvalue weighted by molar-refractivity contribution is -0.136. The summed E-state index contributed by atoms with van der Waals surface area (Å²) in [6.07, 6.45) is 7.74. The van der Waals surface area contributed by atoms with Crippen LogP contribution in [0.4, 0.5) is 8.78 Å². The first-order valence-corrected chi connectivity index (χ1v) is 24.4. The van der Waals surface area contributed by atoms with Crippen LogP contribution in [0.1, 0.15) is 46.0 Å². The molecule has 338 valence electrons. The van der Waals surface area contributed by atoms with Crippen molar-refractivity contribution in [3.63, 3.8) is 0 Å². The Morgan fingerprint density at radius 2 is 1.42 bits per heavy atom. The van der Waals surface area contributed by atoms with Gasteiger partial charge in [0.1, 0.15) is 23.0 Å². The molecule has 7 atom stereocenters. The fourth-order valence-corrected chi connectivity index (χ4v) is 10.4. The molecule has 2 amide bonds. The summed E-state index contributed by atoms with van der Waals surface area (Å²) in [5.74, 6) is -2.07. The highest BCUT2D eigenvalue weighted by atomic mass is 32.2. The van der Waals surface area contributed by atoms with Crippen LogP contribution in [0.25, 0.3) is 22.5 Å². The van der Waals surface area contributed by atoms with Crippen LogP contribution in [-0.2, 0) is 42.7 Å². The van der Waals surface area contributed by atoms with Gasteiger partial charge in [0, 0.05) is 74.3 Å². The molecule has 2 saturated heterocycles. The molecule has 2 aliphatic heterocycles. The molecular formula is C40H56F2N12O6S2. The van der Waals surface area contributed by atoms with Gasteiger partial charge in [0.15, 0.2) is 0 Å². The van der Waals surface area contributed by atoms with Gasteiger partial charge >= 0.3 is 0 Å². The molecule has 5 N–H and O–H groups in total. The summed E-state index contributed by atoms with van der Waals surface area (Å²) in [5, 5.41) is 16.9. The van der Waals surface area contributed by atoms with Crippen LogP contribution in [-0.4, -0.2) is 142 Å². The predicted molar refractivity (Wildman–Crippen MR) is 227 cm³/mol. The van der Waals surface area contributed by atoms with Crippen molar-refractivity contribution in [2.75, 3.05) is 38.7 Å². The third-order valence-electron chi connectivity index (χ3n) is 11.9. The number of carbonyl (C=O) groups is 2. The minimum absolute atomic E-state index is 0.0151. The second kappa shape index (κ2) is 19.8. The molecule has 22 heteroatoms. The molecule has 4 heterocycles. The van der Waals surface area contributed by atoms with Crippen molar-refractivity contribution in [1.82, 2.24) is 48.8 Å². The molecule has 6 rings (SSSR count). The SMILES string of the molecule is CCN(C(=O)C(N)CCCCC(N)C(=O)N1CC[C@@H]2[C@H]1[C@@H](Cn1cc(-c3ccc(F)cc3)nn1)CN2S(C)(=O)=O)[C@@H](C)[C@H](CNS(C)(=O)=O)Cn1cc(-c2ccc(F)cc2)nn1. The van der Waals surface area contributed by atoms with Crippen LogP contribution < -0.4 is 16.2 Å². The third kappa shape index (κ3) is 11.4. The molecule has 2 aliphatic rings. The van der Waals surface area contributed by atoms with E-state index in [9.17, 15) is 35.2 Å². The normalized spacial score (nSPS) is 20.2. The van der Waals surface area contributed by atoms with Gasteiger partial charge in [-0.05, 0) is 81.6 Å². The van der Waals surface area contributed by atoms with Crippen molar-refractivity contribution in [2.24, 2.45) is 23.3 Å². The van der Waals surface area contributed by atoms with Crippen molar-refractivity contribution >= 4 is 31.9 Å². The molecular weight excluding hydrogens is 847 g/mol. The number of rotatable bonds is 20. The number of likely N-dealkylation sites (tertiary alicyclic amines) is 1. The van der Waals surface area contributed by atoms with E-state index in [-0.39, 0.29) is 49.0 Å². The van der Waals surface area contributed by atoms with Crippen LogP contribution in [0.3, 0.4) is 0 Å². The number of likely N-dealkylation sites (N-methyl/N-ethyl adjacent to an activating group) is 1. The minimum atomic E-state index is -3.58. The molecule has 4 aromatic rings. The lowest BCUT2D eigenvalue weighted by Crippen LogP contribution is -2.52. The van der Waals surface area contributed by atoms with Crippen LogP contribution in [0.15, 0.2) is 60.9 Å². The first-order valence-electron chi connectivity index (χ1n) is 20.7. The monoisotopic (exact) mass is 902 g/mol. The molecule has 18 nitrogen and oxygen atoms in total. The fraction of sp³-hybridized carbons (Fsp3) is 0.550. The second-order valence-electron chi connectivity index (χ2n) is 16.4. The Morgan fingerprint density at radius 1 is 0.871 bits per heavy atom. The van der Waals surface area contributed by atoms with Crippen LogP contribution in [0.5, 0.6) is 0 Å². The van der Waals surface area contributed by atoms with Crippen molar-refractivity contribution < 1.29 is 35.2 Å². The first kappa shape index (κ1) is 46.8. The lowest BCUT2D eigenvalue weighted by atomic mass is 9.97. The largest absolute Gasteiger partial charge is 0.339 e. The van der Waals surface area contributed by atoms with Crippen LogP contribution in [0, 0.1) is 23.5 Å². The average molecular weight is 903 g/mol. The van der Waals surface area contributed by atoms with Gasteiger partial charge in [0.2, 0.25) is 31.9 Å². The van der Waals surface area contributed by atoms with Gasteiger partial charge in [0.05, 0.1) is 43.0 Å². The topological polar surface area (TPSA) is 238 Å². The van der Waals surface area contributed by atoms with Crippen molar-refractivity contribution in [2.45, 2.75) is 89.3 Å². The van der Waals surface area contributed by atoms with E-state index >= 15 is 0 Å². The third-order valence-corrected chi connectivity index (χ3v) is 13.9. The maximum Gasteiger partial charge on any atom is 0.239 e. The van der Waals surface area contributed by atoms with Crippen LogP contribution in [0.2, 0.25) is 0 Å². The van der Waals surface area contributed by atoms with E-state index in [1.54, 1.807) is 55.8 Å². The van der Waals surface area contributed by atoms with E-state index in [2.05, 4.69) is 25.3 Å². The Labute approximate surface area is 361 Å². The summed E-state index contributed by atoms with van der Waals surface area (Å²) in [6.45, 7) is 5.03. The maximum absolute atomic E-state index is 13.9. The molecule has 0 radical (unpaired) electrons. The number of nitrogens with zero attached hydrogens (tertiary/aromatic N) is 9. The zero-order valence-electron chi connectivity index (χ0n) is 35.3.